The highest BCUT2D eigenvalue weighted by Crippen LogP contribution is 2.39. The van der Waals surface area contributed by atoms with Crippen molar-refractivity contribution in [3.8, 4) is 22.6 Å². The van der Waals surface area contributed by atoms with E-state index in [9.17, 15) is 27.6 Å². The fourth-order valence-corrected chi connectivity index (χ4v) is 3.37. The van der Waals surface area contributed by atoms with Gasteiger partial charge in [-0.15, -0.1) is 13.2 Å². The molecule has 2 N–H and O–H groups in total. The maximum absolute atomic E-state index is 12.9. The van der Waals surface area contributed by atoms with Crippen LogP contribution in [0.15, 0.2) is 59.5 Å². The molecule has 12 heteroatoms. The third-order valence-corrected chi connectivity index (χ3v) is 5.15. The van der Waals surface area contributed by atoms with Crippen LogP contribution in [0.25, 0.3) is 11.1 Å². The molecule has 0 radical (unpaired) electrons. The van der Waals surface area contributed by atoms with Crippen molar-refractivity contribution in [1.29, 1.82) is 0 Å². The van der Waals surface area contributed by atoms with Gasteiger partial charge in [0.15, 0.2) is 0 Å². The standard InChI is InChI=1S/C23H18ClF3N2O6/c1-12(21(31)28-15-6-3-13(4-7-15)22(32)33)29-11-19(34-2)17(10-20(29)30)16-9-14(24)5-8-18(16)35-23(25,26)27/h3-12H,1-2H3,(H,28,31)(H,32,33). The summed E-state index contributed by atoms with van der Waals surface area (Å²) < 4.78 is 49.0. The third-order valence-electron chi connectivity index (χ3n) is 4.92. The number of carboxylic acid groups (broad SMARTS) is 1. The number of ether oxygens (including phenoxy) is 2. The lowest BCUT2D eigenvalue weighted by Gasteiger charge is -2.19. The second-order valence-electron chi connectivity index (χ2n) is 7.24. The lowest BCUT2D eigenvalue weighted by Crippen LogP contribution is -2.31. The van der Waals surface area contributed by atoms with Gasteiger partial charge in [0.2, 0.25) is 5.91 Å². The summed E-state index contributed by atoms with van der Waals surface area (Å²) in [5.41, 5.74) is -0.527. The number of alkyl halides is 3. The van der Waals surface area contributed by atoms with Crippen LogP contribution < -0.4 is 20.3 Å². The number of methoxy groups -OCH3 is 1. The molecule has 3 rings (SSSR count). The average molecular weight is 511 g/mol. The number of carboxylic acids is 1. The molecule has 0 saturated carbocycles. The van der Waals surface area contributed by atoms with Crippen LogP contribution >= 0.6 is 11.6 Å². The quantitative estimate of drug-likeness (QED) is 0.464. The Labute approximate surface area is 201 Å². The number of carbonyl (C=O) groups is 2. The van der Waals surface area contributed by atoms with Gasteiger partial charge >= 0.3 is 12.3 Å². The highest BCUT2D eigenvalue weighted by atomic mass is 35.5. The van der Waals surface area contributed by atoms with E-state index in [0.717, 1.165) is 16.7 Å². The van der Waals surface area contributed by atoms with Gasteiger partial charge in [-0.05, 0) is 49.4 Å². The fraction of sp³-hybridized carbons (Fsp3) is 0.174. The topological polar surface area (TPSA) is 107 Å². The van der Waals surface area contributed by atoms with Gasteiger partial charge in [0, 0.05) is 27.9 Å². The molecule has 0 spiro atoms. The van der Waals surface area contributed by atoms with E-state index in [1.807, 2.05) is 0 Å². The number of nitrogens with one attached hydrogen (secondary N) is 1. The lowest BCUT2D eigenvalue weighted by molar-refractivity contribution is -0.274. The van der Waals surface area contributed by atoms with Crippen molar-refractivity contribution in [2.45, 2.75) is 19.3 Å². The molecule has 0 fully saturated rings. The first-order valence-electron chi connectivity index (χ1n) is 9.89. The van der Waals surface area contributed by atoms with Crippen LogP contribution in [0.1, 0.15) is 23.3 Å². The molecule has 3 aromatic rings. The predicted octanol–water partition coefficient (Wildman–Crippen LogP) is 4.97. The number of rotatable bonds is 7. The molecule has 0 aliphatic rings. The normalized spacial score (nSPS) is 12.1. The van der Waals surface area contributed by atoms with Gasteiger partial charge < -0.3 is 19.9 Å². The van der Waals surface area contributed by atoms with Crippen LogP contribution in [-0.2, 0) is 4.79 Å². The number of nitrogens with zero attached hydrogens (tertiary/aromatic N) is 1. The Kier molecular flexibility index (Phi) is 7.39. The predicted molar refractivity (Wildman–Crippen MR) is 121 cm³/mol. The summed E-state index contributed by atoms with van der Waals surface area (Å²) in [4.78, 5) is 36.5. The van der Waals surface area contributed by atoms with Crippen LogP contribution in [0.4, 0.5) is 18.9 Å². The summed E-state index contributed by atoms with van der Waals surface area (Å²) in [6.45, 7) is 1.43. The third kappa shape index (κ3) is 6.12. The van der Waals surface area contributed by atoms with Crippen LogP contribution in [-0.4, -0.2) is 35.0 Å². The monoisotopic (exact) mass is 510 g/mol. The molecule has 1 atom stereocenters. The second-order valence-corrected chi connectivity index (χ2v) is 7.67. The molecular formula is C23H18ClF3N2O6. The summed E-state index contributed by atoms with van der Waals surface area (Å²) in [6, 6.07) is 8.76. The van der Waals surface area contributed by atoms with Crippen molar-refractivity contribution < 1.29 is 37.3 Å². The number of carbonyl (C=O) groups excluding carboxylic acids is 1. The summed E-state index contributed by atoms with van der Waals surface area (Å²) in [6.07, 6.45) is -3.80. The van der Waals surface area contributed by atoms with Crippen molar-refractivity contribution >= 4 is 29.2 Å². The van der Waals surface area contributed by atoms with Crippen LogP contribution in [0.3, 0.4) is 0 Å². The lowest BCUT2D eigenvalue weighted by atomic mass is 10.0. The Hall–Kier alpha value is -3.99. The molecular weight excluding hydrogens is 493 g/mol. The van der Waals surface area contributed by atoms with Gasteiger partial charge in [0.25, 0.3) is 5.56 Å². The second kappa shape index (κ2) is 10.1. The summed E-state index contributed by atoms with van der Waals surface area (Å²) in [5.74, 6) is -2.33. The van der Waals surface area contributed by atoms with Crippen LogP contribution in [0.5, 0.6) is 11.5 Å². The van der Waals surface area contributed by atoms with E-state index < -0.39 is 35.6 Å². The summed E-state index contributed by atoms with van der Waals surface area (Å²) in [7, 11) is 1.25. The Morgan fingerprint density at radius 1 is 1.06 bits per heavy atom. The number of halogens is 4. The highest BCUT2D eigenvalue weighted by Gasteiger charge is 2.33. The van der Waals surface area contributed by atoms with Gasteiger partial charge in [-0.25, -0.2) is 4.79 Å². The van der Waals surface area contributed by atoms with Gasteiger partial charge in [-0.2, -0.15) is 0 Å². The Bertz CT molecular complexity index is 1320. The zero-order valence-corrected chi connectivity index (χ0v) is 19.0. The minimum absolute atomic E-state index is 0.00986. The molecule has 0 saturated heterocycles. The first-order valence-corrected chi connectivity index (χ1v) is 10.3. The molecule has 0 aliphatic carbocycles. The number of hydrogen-bond donors (Lipinski definition) is 2. The molecule has 0 bridgehead atoms. The number of aromatic carboxylic acids is 1. The van der Waals surface area contributed by atoms with Crippen molar-refractivity contribution in [2.24, 2.45) is 0 Å². The Morgan fingerprint density at radius 2 is 1.69 bits per heavy atom. The molecule has 1 aromatic heterocycles. The molecule has 2 aromatic carbocycles. The largest absolute Gasteiger partial charge is 0.573 e. The molecule has 35 heavy (non-hydrogen) atoms. The van der Waals surface area contributed by atoms with E-state index in [2.05, 4.69) is 10.1 Å². The van der Waals surface area contributed by atoms with E-state index in [-0.39, 0.29) is 27.5 Å². The number of benzene rings is 2. The molecule has 1 amide bonds. The van der Waals surface area contributed by atoms with Gasteiger partial charge in [0.05, 0.1) is 18.9 Å². The minimum Gasteiger partial charge on any atom is -0.495 e. The number of pyridine rings is 1. The molecule has 1 heterocycles. The van der Waals surface area contributed by atoms with Crippen molar-refractivity contribution in [3.05, 3.63) is 75.7 Å². The molecule has 8 nitrogen and oxygen atoms in total. The molecule has 1 unspecified atom stereocenters. The molecule has 0 aliphatic heterocycles. The number of anilines is 1. The van der Waals surface area contributed by atoms with Crippen molar-refractivity contribution in [3.63, 3.8) is 0 Å². The van der Waals surface area contributed by atoms with Gasteiger partial charge in [-0.3, -0.25) is 14.2 Å². The number of hydrogen-bond acceptors (Lipinski definition) is 5. The zero-order chi connectivity index (χ0) is 25.9. The molecule has 184 valence electrons. The zero-order valence-electron chi connectivity index (χ0n) is 18.2. The summed E-state index contributed by atoms with van der Waals surface area (Å²) >= 11 is 5.95. The van der Waals surface area contributed by atoms with Crippen molar-refractivity contribution in [2.75, 3.05) is 12.4 Å². The van der Waals surface area contributed by atoms with E-state index in [0.29, 0.717) is 5.69 Å². The van der Waals surface area contributed by atoms with E-state index in [4.69, 9.17) is 21.4 Å². The maximum atomic E-state index is 12.9. The van der Waals surface area contributed by atoms with E-state index in [1.165, 1.54) is 56.6 Å². The van der Waals surface area contributed by atoms with Gasteiger partial charge in [-0.1, -0.05) is 11.6 Å². The van der Waals surface area contributed by atoms with Gasteiger partial charge in [0.1, 0.15) is 17.5 Å². The first kappa shape index (κ1) is 25.6. The summed E-state index contributed by atoms with van der Waals surface area (Å²) in [5, 5.41) is 11.6. The fourth-order valence-electron chi connectivity index (χ4n) is 3.20. The Balaban J connectivity index is 1.96. The maximum Gasteiger partial charge on any atom is 0.573 e. The smallest absolute Gasteiger partial charge is 0.495 e. The average Bonchev–Trinajstić information content (AvgIpc) is 2.79. The minimum atomic E-state index is -4.99. The first-order chi connectivity index (χ1) is 16.4. The van der Waals surface area contributed by atoms with E-state index >= 15 is 0 Å². The van der Waals surface area contributed by atoms with E-state index in [1.54, 1.807) is 0 Å². The number of aromatic nitrogens is 1. The SMILES string of the molecule is COc1cn(C(C)C(=O)Nc2ccc(C(=O)O)cc2)c(=O)cc1-c1cc(Cl)ccc1OC(F)(F)F. The Morgan fingerprint density at radius 3 is 2.26 bits per heavy atom. The van der Waals surface area contributed by atoms with Crippen molar-refractivity contribution in [1.82, 2.24) is 4.57 Å². The van der Waals surface area contributed by atoms with Crippen LogP contribution in [0.2, 0.25) is 5.02 Å². The highest BCUT2D eigenvalue weighted by molar-refractivity contribution is 6.31. The van der Waals surface area contributed by atoms with Crippen LogP contribution in [0, 0.1) is 0 Å². The number of amides is 1.